The van der Waals surface area contributed by atoms with Crippen molar-refractivity contribution in [3.05, 3.63) is 17.8 Å². The summed E-state index contributed by atoms with van der Waals surface area (Å²) in [5, 5.41) is 12.4. The van der Waals surface area contributed by atoms with Gasteiger partial charge in [-0.2, -0.15) is 0 Å². The van der Waals surface area contributed by atoms with Crippen LogP contribution in [0.4, 0.5) is 5.82 Å². The summed E-state index contributed by atoms with van der Waals surface area (Å²) in [6.07, 6.45) is 3.75. The number of anilines is 1. The first kappa shape index (κ1) is 16.3. The third kappa shape index (κ3) is 2.64. The van der Waals surface area contributed by atoms with Crippen molar-refractivity contribution in [2.24, 2.45) is 5.41 Å². The Bertz CT molecular complexity index is 838. The zero-order chi connectivity index (χ0) is 17.6. The van der Waals surface area contributed by atoms with Crippen molar-refractivity contribution in [3.63, 3.8) is 0 Å². The molecule has 7 nitrogen and oxygen atoms in total. The predicted molar refractivity (Wildman–Crippen MR) is 94.7 cm³/mol. The molecule has 0 aromatic carbocycles. The van der Waals surface area contributed by atoms with E-state index < -0.39 is 11.4 Å². The van der Waals surface area contributed by atoms with Gasteiger partial charge in [0.2, 0.25) is 5.91 Å². The lowest BCUT2D eigenvalue weighted by molar-refractivity contribution is -0.147. The maximum atomic E-state index is 13.1. The standard InChI is InChI=1S/C17H20N4O3S/c1-17(16(23)24)5-7-20(9-17)15(22)12-3-2-6-21(12)13-11-4-8-25-14(11)19-10-18-13/h4,8,10,12H,2-3,5-7,9H2,1H3,(H,23,24). The highest BCUT2D eigenvalue weighted by molar-refractivity contribution is 7.16. The van der Waals surface area contributed by atoms with E-state index in [4.69, 9.17) is 0 Å². The lowest BCUT2D eigenvalue weighted by Crippen LogP contribution is -2.46. The summed E-state index contributed by atoms with van der Waals surface area (Å²) >= 11 is 1.56. The molecule has 0 radical (unpaired) electrons. The van der Waals surface area contributed by atoms with Crippen molar-refractivity contribution in [3.8, 4) is 0 Å². The molecule has 2 aliphatic rings. The second kappa shape index (κ2) is 5.94. The summed E-state index contributed by atoms with van der Waals surface area (Å²) in [5.74, 6) is -0.00591. The van der Waals surface area contributed by atoms with Crippen LogP contribution < -0.4 is 4.90 Å². The molecule has 4 heterocycles. The first-order chi connectivity index (χ1) is 12.0. The van der Waals surface area contributed by atoms with Crippen LogP contribution in [0.15, 0.2) is 17.8 Å². The Labute approximate surface area is 149 Å². The molecule has 4 rings (SSSR count). The van der Waals surface area contributed by atoms with Gasteiger partial charge in [0.05, 0.1) is 10.8 Å². The van der Waals surface area contributed by atoms with E-state index in [0.29, 0.717) is 13.0 Å². The maximum absolute atomic E-state index is 13.1. The number of aliphatic carboxylic acids is 1. The zero-order valence-corrected chi connectivity index (χ0v) is 14.8. The van der Waals surface area contributed by atoms with Gasteiger partial charge in [0.1, 0.15) is 23.0 Å². The Morgan fingerprint density at radius 2 is 2.20 bits per heavy atom. The number of aromatic nitrogens is 2. The van der Waals surface area contributed by atoms with E-state index in [1.165, 1.54) is 0 Å². The molecule has 0 bridgehead atoms. The summed E-state index contributed by atoms with van der Waals surface area (Å²) in [5.41, 5.74) is -0.839. The van der Waals surface area contributed by atoms with Gasteiger partial charge in [-0.05, 0) is 37.6 Å². The van der Waals surface area contributed by atoms with E-state index >= 15 is 0 Å². The highest BCUT2D eigenvalue weighted by atomic mass is 32.1. The van der Waals surface area contributed by atoms with Gasteiger partial charge in [0.25, 0.3) is 0 Å². The van der Waals surface area contributed by atoms with Crippen molar-refractivity contribution in [1.29, 1.82) is 0 Å². The predicted octanol–water partition coefficient (Wildman–Crippen LogP) is 1.98. The highest BCUT2D eigenvalue weighted by Gasteiger charge is 2.45. The third-order valence-electron chi connectivity index (χ3n) is 5.35. The summed E-state index contributed by atoms with van der Waals surface area (Å²) in [6.45, 7) is 3.28. The second-order valence-corrected chi connectivity index (χ2v) is 7.96. The van der Waals surface area contributed by atoms with Crippen molar-refractivity contribution < 1.29 is 14.7 Å². The number of carboxylic acids is 1. The number of hydrogen-bond acceptors (Lipinski definition) is 6. The van der Waals surface area contributed by atoms with E-state index in [-0.39, 0.29) is 18.5 Å². The van der Waals surface area contributed by atoms with E-state index in [1.807, 2.05) is 11.4 Å². The van der Waals surface area contributed by atoms with Gasteiger partial charge < -0.3 is 14.9 Å². The minimum atomic E-state index is -0.839. The first-order valence-electron chi connectivity index (χ1n) is 8.47. The number of rotatable bonds is 3. The topological polar surface area (TPSA) is 86.6 Å². The lowest BCUT2D eigenvalue weighted by atomic mass is 9.90. The minimum Gasteiger partial charge on any atom is -0.481 e. The van der Waals surface area contributed by atoms with Crippen LogP contribution >= 0.6 is 11.3 Å². The average molecular weight is 360 g/mol. The molecule has 0 spiro atoms. The van der Waals surface area contributed by atoms with Gasteiger partial charge in [0, 0.05) is 19.6 Å². The smallest absolute Gasteiger partial charge is 0.311 e. The van der Waals surface area contributed by atoms with Gasteiger partial charge in [-0.1, -0.05) is 0 Å². The van der Waals surface area contributed by atoms with E-state index in [0.717, 1.165) is 35.4 Å². The third-order valence-corrected chi connectivity index (χ3v) is 6.17. The fourth-order valence-corrected chi connectivity index (χ4v) is 4.54. The summed E-state index contributed by atoms with van der Waals surface area (Å²) in [7, 11) is 0. The summed E-state index contributed by atoms with van der Waals surface area (Å²) in [4.78, 5) is 37.9. The summed E-state index contributed by atoms with van der Waals surface area (Å²) in [6, 6.07) is 1.72. The van der Waals surface area contributed by atoms with Gasteiger partial charge in [-0.15, -0.1) is 11.3 Å². The summed E-state index contributed by atoms with van der Waals surface area (Å²) < 4.78 is 0. The molecule has 132 valence electrons. The molecular weight excluding hydrogens is 340 g/mol. The van der Waals surface area contributed by atoms with Gasteiger partial charge in [-0.3, -0.25) is 9.59 Å². The van der Waals surface area contributed by atoms with Gasteiger partial charge in [-0.25, -0.2) is 9.97 Å². The van der Waals surface area contributed by atoms with Crippen LogP contribution in [-0.4, -0.2) is 57.5 Å². The Hall–Kier alpha value is -2.22. The fourth-order valence-electron chi connectivity index (χ4n) is 3.82. The average Bonchev–Trinajstić information content (AvgIpc) is 3.33. The molecule has 1 amide bonds. The number of nitrogens with zero attached hydrogens (tertiary/aromatic N) is 4. The molecule has 8 heteroatoms. The molecule has 0 aliphatic carbocycles. The van der Waals surface area contributed by atoms with Crippen LogP contribution in [0.2, 0.25) is 0 Å². The molecule has 2 unspecified atom stereocenters. The highest BCUT2D eigenvalue weighted by Crippen LogP contribution is 2.35. The van der Waals surface area contributed by atoms with Crippen LogP contribution in [0.5, 0.6) is 0 Å². The Balaban J connectivity index is 1.59. The number of carboxylic acid groups (broad SMARTS) is 1. The normalized spacial score (nSPS) is 26.5. The fraction of sp³-hybridized carbons (Fsp3) is 0.529. The SMILES string of the molecule is CC1(C(=O)O)CCN(C(=O)C2CCCN2c2ncnc3sccc23)C1. The second-order valence-electron chi connectivity index (χ2n) is 7.06. The van der Waals surface area contributed by atoms with E-state index in [1.54, 1.807) is 29.5 Å². The first-order valence-corrected chi connectivity index (χ1v) is 9.35. The van der Waals surface area contributed by atoms with E-state index in [9.17, 15) is 14.7 Å². The van der Waals surface area contributed by atoms with Crippen LogP contribution in [-0.2, 0) is 9.59 Å². The number of fused-ring (bicyclic) bond motifs is 1. The molecule has 2 fully saturated rings. The lowest BCUT2D eigenvalue weighted by Gasteiger charge is -2.29. The molecule has 1 N–H and O–H groups in total. The van der Waals surface area contributed by atoms with Crippen molar-refractivity contribution in [1.82, 2.24) is 14.9 Å². The largest absolute Gasteiger partial charge is 0.481 e. The Morgan fingerprint density at radius 1 is 1.36 bits per heavy atom. The van der Waals surface area contributed by atoms with Gasteiger partial charge in [0.15, 0.2) is 0 Å². The van der Waals surface area contributed by atoms with Crippen LogP contribution in [0.1, 0.15) is 26.2 Å². The van der Waals surface area contributed by atoms with E-state index in [2.05, 4.69) is 14.9 Å². The van der Waals surface area contributed by atoms with Gasteiger partial charge >= 0.3 is 5.97 Å². The molecule has 2 aromatic rings. The molecule has 25 heavy (non-hydrogen) atoms. The number of carbonyl (C=O) groups excluding carboxylic acids is 1. The number of amides is 1. The Morgan fingerprint density at radius 3 is 2.96 bits per heavy atom. The number of hydrogen-bond donors (Lipinski definition) is 1. The number of thiophene rings is 1. The monoisotopic (exact) mass is 360 g/mol. The number of likely N-dealkylation sites (tertiary alicyclic amines) is 1. The van der Waals surface area contributed by atoms with Crippen LogP contribution in [0.3, 0.4) is 0 Å². The quantitative estimate of drug-likeness (QED) is 0.901. The van der Waals surface area contributed by atoms with Crippen molar-refractivity contribution >= 4 is 39.2 Å². The molecule has 2 aliphatic heterocycles. The maximum Gasteiger partial charge on any atom is 0.311 e. The van der Waals surface area contributed by atoms with Crippen LogP contribution in [0, 0.1) is 5.41 Å². The zero-order valence-electron chi connectivity index (χ0n) is 14.0. The molecular formula is C17H20N4O3S. The van der Waals surface area contributed by atoms with Crippen molar-refractivity contribution in [2.45, 2.75) is 32.2 Å². The number of carbonyl (C=O) groups is 2. The molecule has 2 saturated heterocycles. The minimum absolute atomic E-state index is 0.0180. The Kier molecular flexibility index (Phi) is 3.87. The molecule has 0 saturated carbocycles. The van der Waals surface area contributed by atoms with Crippen molar-refractivity contribution in [2.75, 3.05) is 24.5 Å². The van der Waals surface area contributed by atoms with Crippen LogP contribution in [0.25, 0.3) is 10.2 Å². The molecule has 2 atom stereocenters. The molecule has 2 aromatic heterocycles.